The summed E-state index contributed by atoms with van der Waals surface area (Å²) in [6.45, 7) is 6.91. The van der Waals surface area contributed by atoms with Gasteiger partial charge in [-0.1, -0.05) is 12.1 Å². The van der Waals surface area contributed by atoms with Crippen LogP contribution in [0, 0.1) is 0 Å². The molecule has 0 radical (unpaired) electrons. The Morgan fingerprint density at radius 3 is 2.79 bits per heavy atom. The van der Waals surface area contributed by atoms with E-state index in [1.807, 2.05) is 6.20 Å². The summed E-state index contributed by atoms with van der Waals surface area (Å²) < 4.78 is 5.46. The van der Waals surface area contributed by atoms with Crippen molar-refractivity contribution in [3.8, 4) is 0 Å². The molecule has 0 bridgehead atoms. The molecule has 6 heteroatoms. The number of morpholine rings is 1. The zero-order valence-electron chi connectivity index (χ0n) is 16.8. The summed E-state index contributed by atoms with van der Waals surface area (Å²) in [5, 5.41) is 12.0. The van der Waals surface area contributed by atoms with Crippen LogP contribution in [0.2, 0.25) is 0 Å². The van der Waals surface area contributed by atoms with Crippen molar-refractivity contribution >= 4 is 22.3 Å². The second kappa shape index (κ2) is 8.43. The number of ether oxygens (including phenoxy) is 1. The van der Waals surface area contributed by atoms with Crippen molar-refractivity contribution in [2.45, 2.75) is 25.4 Å². The van der Waals surface area contributed by atoms with Crippen molar-refractivity contribution in [3.63, 3.8) is 0 Å². The van der Waals surface area contributed by atoms with Gasteiger partial charge in [0.25, 0.3) is 0 Å². The van der Waals surface area contributed by atoms with Crippen molar-refractivity contribution in [3.05, 3.63) is 54.2 Å². The maximum atomic E-state index is 5.46. The summed E-state index contributed by atoms with van der Waals surface area (Å²) in [6, 6.07) is 16.0. The van der Waals surface area contributed by atoms with Gasteiger partial charge in [-0.15, -0.1) is 0 Å². The molecule has 2 saturated heterocycles. The molecule has 29 heavy (non-hydrogen) atoms. The molecule has 5 rings (SSSR count). The van der Waals surface area contributed by atoms with E-state index in [0.29, 0.717) is 6.04 Å². The van der Waals surface area contributed by atoms with Gasteiger partial charge >= 0.3 is 0 Å². The predicted molar refractivity (Wildman–Crippen MR) is 117 cm³/mol. The van der Waals surface area contributed by atoms with Crippen LogP contribution in [0.1, 0.15) is 18.4 Å². The van der Waals surface area contributed by atoms with E-state index in [4.69, 9.17) is 4.74 Å². The van der Waals surface area contributed by atoms with E-state index in [9.17, 15) is 0 Å². The molecule has 3 aromatic rings. The van der Waals surface area contributed by atoms with E-state index >= 15 is 0 Å². The first kappa shape index (κ1) is 18.5. The number of nitrogens with zero attached hydrogens (tertiary/aromatic N) is 3. The Morgan fingerprint density at radius 2 is 1.93 bits per heavy atom. The molecule has 3 heterocycles. The Morgan fingerprint density at radius 1 is 1.07 bits per heavy atom. The number of piperidine rings is 1. The third kappa shape index (κ3) is 4.38. The molecule has 152 valence electrons. The summed E-state index contributed by atoms with van der Waals surface area (Å²) >= 11 is 0. The number of benzene rings is 2. The van der Waals surface area contributed by atoms with Gasteiger partial charge in [-0.05, 0) is 55.3 Å². The summed E-state index contributed by atoms with van der Waals surface area (Å²) in [6.07, 6.45) is 4.33. The van der Waals surface area contributed by atoms with Crippen LogP contribution in [-0.4, -0.2) is 60.5 Å². The lowest BCUT2D eigenvalue weighted by Gasteiger charge is -2.34. The Hall–Kier alpha value is -2.57. The normalized spacial score (nSPS) is 20.8. The maximum absolute atomic E-state index is 5.46. The molecule has 0 saturated carbocycles. The molecule has 1 aromatic heterocycles. The Bertz CT molecular complexity index is 932. The second-order valence-electron chi connectivity index (χ2n) is 8.16. The zero-order chi connectivity index (χ0) is 19.5. The smallest absolute Gasteiger partial charge is 0.0651 e. The number of hydrogen-bond donors (Lipinski definition) is 2. The van der Waals surface area contributed by atoms with E-state index in [1.54, 1.807) is 0 Å². The first-order valence-corrected chi connectivity index (χ1v) is 10.7. The van der Waals surface area contributed by atoms with E-state index in [0.717, 1.165) is 50.3 Å². The van der Waals surface area contributed by atoms with Crippen LogP contribution in [-0.2, 0) is 11.3 Å². The highest BCUT2D eigenvalue weighted by atomic mass is 16.5. The number of nitrogens with one attached hydrogen (secondary N) is 2. The Balaban J connectivity index is 1.18. The number of rotatable bonds is 5. The first-order chi connectivity index (χ1) is 14.3. The van der Waals surface area contributed by atoms with Gasteiger partial charge < -0.3 is 15.0 Å². The third-order valence-corrected chi connectivity index (χ3v) is 6.04. The fourth-order valence-electron chi connectivity index (χ4n) is 4.48. The molecular formula is C23H29N5O. The average Bonchev–Trinajstić information content (AvgIpc) is 3.23. The van der Waals surface area contributed by atoms with Gasteiger partial charge in [-0.3, -0.25) is 10.00 Å². The largest absolute Gasteiger partial charge is 0.381 e. The van der Waals surface area contributed by atoms with Gasteiger partial charge in [-0.25, -0.2) is 0 Å². The molecule has 2 aliphatic heterocycles. The predicted octanol–water partition coefficient (Wildman–Crippen LogP) is 3.48. The monoisotopic (exact) mass is 391 g/mol. The number of H-pyrrole nitrogens is 1. The minimum atomic E-state index is 0.487. The lowest BCUT2D eigenvalue weighted by Crippen LogP contribution is -2.41. The number of likely N-dealkylation sites (tertiary alicyclic amines) is 1. The molecule has 6 nitrogen and oxygen atoms in total. The van der Waals surface area contributed by atoms with Crippen molar-refractivity contribution in [1.29, 1.82) is 0 Å². The van der Waals surface area contributed by atoms with Gasteiger partial charge in [0.15, 0.2) is 0 Å². The first-order valence-electron chi connectivity index (χ1n) is 10.7. The summed E-state index contributed by atoms with van der Waals surface area (Å²) in [4.78, 5) is 4.98. The van der Waals surface area contributed by atoms with Crippen LogP contribution < -0.4 is 10.2 Å². The lowest BCUT2D eigenvalue weighted by molar-refractivity contribution is 0.122. The van der Waals surface area contributed by atoms with Gasteiger partial charge in [0, 0.05) is 49.0 Å². The van der Waals surface area contributed by atoms with Gasteiger partial charge in [-0.2, -0.15) is 5.10 Å². The van der Waals surface area contributed by atoms with E-state index in [2.05, 4.69) is 67.8 Å². The van der Waals surface area contributed by atoms with Gasteiger partial charge in [0.2, 0.25) is 0 Å². The average molecular weight is 392 g/mol. The van der Waals surface area contributed by atoms with Crippen molar-refractivity contribution in [2.24, 2.45) is 0 Å². The molecule has 1 unspecified atom stereocenters. The quantitative estimate of drug-likeness (QED) is 0.697. The number of fused-ring (bicyclic) bond motifs is 1. The highest BCUT2D eigenvalue weighted by Crippen LogP contribution is 2.22. The van der Waals surface area contributed by atoms with Crippen LogP contribution >= 0.6 is 0 Å². The van der Waals surface area contributed by atoms with Crippen LogP contribution in [0.3, 0.4) is 0 Å². The minimum absolute atomic E-state index is 0.487. The summed E-state index contributed by atoms with van der Waals surface area (Å²) in [5.74, 6) is 0. The number of aromatic nitrogens is 2. The highest BCUT2D eigenvalue weighted by Gasteiger charge is 2.20. The van der Waals surface area contributed by atoms with Crippen molar-refractivity contribution < 1.29 is 4.74 Å². The van der Waals surface area contributed by atoms with Crippen LogP contribution in [0.15, 0.2) is 48.7 Å². The standard InChI is InChI=1S/C23H29N5O/c1-2-21(25-20-5-8-23-19(14-20)15-24-26-23)17-27(9-1)16-18-3-6-22(7-4-18)28-10-12-29-13-11-28/h3-8,14-15,21,25H,1-2,9-13,16-17H2,(H,24,26). The minimum Gasteiger partial charge on any atom is -0.381 e. The van der Waals surface area contributed by atoms with Crippen molar-refractivity contribution in [1.82, 2.24) is 15.1 Å². The van der Waals surface area contributed by atoms with Gasteiger partial charge in [0.1, 0.15) is 0 Å². The lowest BCUT2D eigenvalue weighted by atomic mass is 10.0. The van der Waals surface area contributed by atoms with Crippen LogP contribution in [0.25, 0.3) is 10.9 Å². The van der Waals surface area contributed by atoms with Crippen LogP contribution in [0.4, 0.5) is 11.4 Å². The zero-order valence-corrected chi connectivity index (χ0v) is 16.8. The Labute approximate surface area is 171 Å². The maximum Gasteiger partial charge on any atom is 0.0651 e. The van der Waals surface area contributed by atoms with E-state index in [-0.39, 0.29) is 0 Å². The highest BCUT2D eigenvalue weighted by molar-refractivity contribution is 5.81. The second-order valence-corrected chi connectivity index (χ2v) is 8.16. The number of hydrogen-bond acceptors (Lipinski definition) is 5. The molecule has 2 aromatic carbocycles. The fourth-order valence-corrected chi connectivity index (χ4v) is 4.48. The molecular weight excluding hydrogens is 362 g/mol. The molecule has 0 amide bonds. The van der Waals surface area contributed by atoms with Gasteiger partial charge in [0.05, 0.1) is 24.9 Å². The summed E-state index contributed by atoms with van der Waals surface area (Å²) in [7, 11) is 0. The number of aromatic amines is 1. The Kier molecular flexibility index (Phi) is 5.37. The molecule has 0 spiro atoms. The fraction of sp³-hybridized carbons (Fsp3) is 0.435. The SMILES string of the molecule is c1cc(N2CCOCC2)ccc1CN1CCCC(Nc2ccc3[nH]ncc3c2)C1. The molecule has 0 aliphatic carbocycles. The van der Waals surface area contributed by atoms with E-state index < -0.39 is 0 Å². The molecule has 2 aliphatic rings. The summed E-state index contributed by atoms with van der Waals surface area (Å²) in [5.41, 5.74) is 4.97. The topological polar surface area (TPSA) is 56.4 Å². The van der Waals surface area contributed by atoms with E-state index in [1.165, 1.54) is 36.3 Å². The van der Waals surface area contributed by atoms with Crippen molar-refractivity contribution in [2.75, 3.05) is 49.6 Å². The molecule has 1 atom stereocenters. The van der Waals surface area contributed by atoms with Crippen LogP contribution in [0.5, 0.6) is 0 Å². The third-order valence-electron chi connectivity index (χ3n) is 6.04. The molecule has 2 fully saturated rings. The number of anilines is 2. The molecule has 2 N–H and O–H groups in total.